The molecule has 0 aromatic carbocycles. The minimum absolute atomic E-state index is 0.768. The van der Waals surface area contributed by atoms with E-state index in [2.05, 4.69) is 34.7 Å². The van der Waals surface area contributed by atoms with Gasteiger partial charge in [0, 0.05) is 11.9 Å². The first-order valence-corrected chi connectivity index (χ1v) is 5.79. The topological polar surface area (TPSA) is 30.7 Å². The van der Waals surface area contributed by atoms with Gasteiger partial charge >= 0.3 is 0 Å². The van der Waals surface area contributed by atoms with Crippen molar-refractivity contribution < 1.29 is 0 Å². The zero-order valence-electron chi connectivity index (χ0n) is 9.85. The number of aromatic nitrogens is 3. The average Bonchev–Trinajstić information content (AvgIpc) is 2.73. The normalized spacial score (nSPS) is 10.6. The molecule has 0 spiro atoms. The summed E-state index contributed by atoms with van der Waals surface area (Å²) in [6.45, 7) is 5.06. The summed E-state index contributed by atoms with van der Waals surface area (Å²) in [5.41, 5.74) is 3.50. The summed E-state index contributed by atoms with van der Waals surface area (Å²) >= 11 is 0. The molecule has 0 aliphatic rings. The molecule has 2 heterocycles. The Kier molecular flexibility index (Phi) is 3.34. The van der Waals surface area contributed by atoms with Crippen molar-refractivity contribution in [1.29, 1.82) is 0 Å². The second-order valence-electron chi connectivity index (χ2n) is 3.81. The molecule has 84 valence electrons. The molecule has 2 aromatic rings. The molecule has 0 aliphatic heterocycles. The maximum atomic E-state index is 4.57. The van der Waals surface area contributed by atoms with Crippen molar-refractivity contribution in [1.82, 2.24) is 14.8 Å². The fourth-order valence-corrected chi connectivity index (χ4v) is 1.75. The molecular formula is C13H17N3. The van der Waals surface area contributed by atoms with Gasteiger partial charge in [-0.2, -0.15) is 5.10 Å². The van der Waals surface area contributed by atoms with E-state index in [4.69, 9.17) is 0 Å². The van der Waals surface area contributed by atoms with E-state index in [0.29, 0.717) is 0 Å². The van der Waals surface area contributed by atoms with E-state index in [1.807, 2.05) is 24.4 Å². The first-order chi connectivity index (χ1) is 7.83. The van der Waals surface area contributed by atoms with Crippen molar-refractivity contribution >= 4 is 0 Å². The Balaban J connectivity index is 2.23. The molecule has 3 nitrogen and oxygen atoms in total. The highest BCUT2D eigenvalue weighted by molar-refractivity contribution is 5.13. The minimum Gasteiger partial charge on any atom is -0.263 e. The highest BCUT2D eigenvalue weighted by atomic mass is 15.3. The van der Waals surface area contributed by atoms with E-state index in [0.717, 1.165) is 30.8 Å². The number of aryl methyl sites for hydroxylation is 2. The number of rotatable bonds is 4. The molecule has 0 unspecified atom stereocenters. The van der Waals surface area contributed by atoms with E-state index in [9.17, 15) is 0 Å². The van der Waals surface area contributed by atoms with Gasteiger partial charge in [-0.1, -0.05) is 19.9 Å². The fourth-order valence-electron chi connectivity index (χ4n) is 1.75. The van der Waals surface area contributed by atoms with Crippen LogP contribution in [0.25, 0.3) is 0 Å². The summed E-state index contributed by atoms with van der Waals surface area (Å²) in [7, 11) is 0. The molecule has 0 fully saturated rings. The van der Waals surface area contributed by atoms with Gasteiger partial charge < -0.3 is 0 Å². The maximum absolute atomic E-state index is 4.57. The van der Waals surface area contributed by atoms with Crippen LogP contribution < -0.4 is 0 Å². The summed E-state index contributed by atoms with van der Waals surface area (Å²) in [5.74, 6) is 0. The van der Waals surface area contributed by atoms with E-state index >= 15 is 0 Å². The number of hydrogen-bond donors (Lipinski definition) is 0. The van der Waals surface area contributed by atoms with E-state index in [1.54, 1.807) is 0 Å². The lowest BCUT2D eigenvalue weighted by molar-refractivity contribution is 0.630. The van der Waals surface area contributed by atoms with Gasteiger partial charge in [0.15, 0.2) is 0 Å². The Morgan fingerprint density at radius 3 is 2.62 bits per heavy atom. The second kappa shape index (κ2) is 4.92. The van der Waals surface area contributed by atoms with Crippen LogP contribution in [0.2, 0.25) is 0 Å². The van der Waals surface area contributed by atoms with Crippen molar-refractivity contribution in [3.63, 3.8) is 0 Å². The lowest BCUT2D eigenvalue weighted by atomic mass is 10.2. The third-order valence-electron chi connectivity index (χ3n) is 2.68. The second-order valence-corrected chi connectivity index (χ2v) is 3.81. The van der Waals surface area contributed by atoms with Gasteiger partial charge in [-0.25, -0.2) is 0 Å². The first-order valence-electron chi connectivity index (χ1n) is 5.79. The maximum Gasteiger partial charge on any atom is 0.0834 e. The van der Waals surface area contributed by atoms with Crippen LogP contribution in [-0.2, 0) is 19.4 Å². The molecule has 0 saturated heterocycles. The molecule has 2 aromatic heterocycles. The number of nitrogens with zero attached hydrogens (tertiary/aromatic N) is 3. The Morgan fingerprint density at radius 1 is 1.12 bits per heavy atom. The zero-order valence-corrected chi connectivity index (χ0v) is 9.85. The Labute approximate surface area is 96.1 Å². The molecule has 0 atom stereocenters. The van der Waals surface area contributed by atoms with Crippen LogP contribution in [0.3, 0.4) is 0 Å². The predicted molar refractivity (Wildman–Crippen MR) is 64.3 cm³/mol. The summed E-state index contributed by atoms with van der Waals surface area (Å²) < 4.78 is 2.06. The van der Waals surface area contributed by atoms with Crippen LogP contribution in [0, 0.1) is 0 Å². The van der Waals surface area contributed by atoms with Crippen molar-refractivity contribution in [2.45, 2.75) is 33.2 Å². The first kappa shape index (κ1) is 10.9. The van der Waals surface area contributed by atoms with Crippen LogP contribution in [0.5, 0.6) is 0 Å². The third-order valence-corrected chi connectivity index (χ3v) is 2.68. The third kappa shape index (κ3) is 2.30. The summed E-state index contributed by atoms with van der Waals surface area (Å²) in [4.78, 5) is 4.32. The molecule has 0 aliphatic carbocycles. The van der Waals surface area contributed by atoms with Gasteiger partial charge in [-0.05, 0) is 31.0 Å². The lowest BCUT2D eigenvalue weighted by Gasteiger charge is -2.04. The number of hydrogen-bond acceptors (Lipinski definition) is 2. The van der Waals surface area contributed by atoms with Crippen LogP contribution in [0.15, 0.2) is 30.5 Å². The largest absolute Gasteiger partial charge is 0.263 e. The molecule has 0 amide bonds. The highest BCUT2D eigenvalue weighted by Gasteiger charge is 2.05. The van der Waals surface area contributed by atoms with Gasteiger partial charge in [-0.15, -0.1) is 0 Å². The van der Waals surface area contributed by atoms with E-state index in [1.165, 1.54) is 5.69 Å². The van der Waals surface area contributed by atoms with Crippen molar-refractivity contribution in [3.05, 3.63) is 47.5 Å². The minimum atomic E-state index is 0.768. The standard InChI is InChI=1S/C13H17N3/c1-3-11-9-13(4-2)16(15-11)10-12-7-5-6-8-14-12/h5-9H,3-4,10H2,1-2H3. The van der Waals surface area contributed by atoms with Gasteiger partial charge in [0.05, 0.1) is 17.9 Å². The number of pyridine rings is 1. The summed E-state index contributed by atoms with van der Waals surface area (Å²) in [5, 5.41) is 4.57. The van der Waals surface area contributed by atoms with Crippen molar-refractivity contribution in [2.24, 2.45) is 0 Å². The molecule has 2 rings (SSSR count). The highest BCUT2D eigenvalue weighted by Crippen LogP contribution is 2.08. The van der Waals surface area contributed by atoms with Crippen LogP contribution >= 0.6 is 0 Å². The van der Waals surface area contributed by atoms with Gasteiger partial charge in [0.2, 0.25) is 0 Å². The van der Waals surface area contributed by atoms with Crippen LogP contribution in [0.4, 0.5) is 0 Å². The van der Waals surface area contributed by atoms with Gasteiger partial charge in [0.25, 0.3) is 0 Å². The van der Waals surface area contributed by atoms with Crippen LogP contribution in [0.1, 0.15) is 30.9 Å². The molecule has 0 radical (unpaired) electrons. The average molecular weight is 215 g/mol. The fraction of sp³-hybridized carbons (Fsp3) is 0.385. The molecule has 16 heavy (non-hydrogen) atoms. The van der Waals surface area contributed by atoms with Crippen LogP contribution in [-0.4, -0.2) is 14.8 Å². The molecule has 0 saturated carbocycles. The molecule has 0 N–H and O–H groups in total. The predicted octanol–water partition coefficient (Wildman–Crippen LogP) is 2.45. The smallest absolute Gasteiger partial charge is 0.0834 e. The zero-order chi connectivity index (χ0) is 11.4. The van der Waals surface area contributed by atoms with E-state index < -0.39 is 0 Å². The Morgan fingerprint density at radius 2 is 2.00 bits per heavy atom. The molecule has 0 bridgehead atoms. The van der Waals surface area contributed by atoms with Gasteiger partial charge in [-0.3, -0.25) is 9.67 Å². The Hall–Kier alpha value is -1.64. The van der Waals surface area contributed by atoms with Crippen molar-refractivity contribution in [2.75, 3.05) is 0 Å². The molecule has 3 heteroatoms. The van der Waals surface area contributed by atoms with Crippen molar-refractivity contribution in [3.8, 4) is 0 Å². The van der Waals surface area contributed by atoms with E-state index in [-0.39, 0.29) is 0 Å². The van der Waals surface area contributed by atoms with Gasteiger partial charge in [0.1, 0.15) is 0 Å². The molecular weight excluding hydrogens is 198 g/mol. The lowest BCUT2D eigenvalue weighted by Crippen LogP contribution is -2.07. The SMILES string of the molecule is CCc1cc(CC)n(Cc2ccccn2)n1. The Bertz CT molecular complexity index is 445. The monoisotopic (exact) mass is 215 g/mol. The summed E-state index contributed by atoms with van der Waals surface area (Å²) in [6, 6.07) is 8.17. The summed E-state index contributed by atoms with van der Waals surface area (Å²) in [6.07, 6.45) is 3.83. The quantitative estimate of drug-likeness (QED) is 0.784.